The summed E-state index contributed by atoms with van der Waals surface area (Å²) in [4.78, 5) is 13.9. The van der Waals surface area contributed by atoms with Gasteiger partial charge in [-0.3, -0.25) is 4.79 Å². The van der Waals surface area contributed by atoms with E-state index in [9.17, 15) is 4.79 Å². The van der Waals surface area contributed by atoms with Crippen LogP contribution in [-0.4, -0.2) is 23.9 Å². The van der Waals surface area contributed by atoms with Gasteiger partial charge in [-0.25, -0.2) is 0 Å². The van der Waals surface area contributed by atoms with Crippen LogP contribution in [0.4, 0.5) is 0 Å². The Morgan fingerprint density at radius 3 is 2.50 bits per heavy atom. The van der Waals surface area contributed by atoms with Crippen LogP contribution in [0.1, 0.15) is 23.2 Å². The summed E-state index contributed by atoms with van der Waals surface area (Å²) in [6, 6.07) is 7.76. The Labute approximate surface area is 97.4 Å². The molecule has 2 nitrogen and oxygen atoms in total. The predicted octanol–water partition coefficient (Wildman–Crippen LogP) is 2.53. The van der Waals surface area contributed by atoms with E-state index in [0.29, 0.717) is 0 Å². The highest BCUT2D eigenvalue weighted by molar-refractivity contribution is 14.1. The second kappa shape index (κ2) is 4.29. The molecule has 1 aliphatic heterocycles. The Balaban J connectivity index is 2.22. The molecule has 0 aliphatic carbocycles. The number of rotatable bonds is 1. The Kier molecular flexibility index (Phi) is 3.05. The second-order valence-corrected chi connectivity index (χ2v) is 4.64. The zero-order valence-electron chi connectivity index (χ0n) is 7.87. The van der Waals surface area contributed by atoms with Gasteiger partial charge in [-0.15, -0.1) is 0 Å². The molecule has 14 heavy (non-hydrogen) atoms. The number of nitrogens with zero attached hydrogens (tertiary/aromatic N) is 1. The fourth-order valence-corrected chi connectivity index (χ4v) is 2.34. The van der Waals surface area contributed by atoms with Crippen LogP contribution in [-0.2, 0) is 0 Å². The molecule has 0 saturated carbocycles. The van der Waals surface area contributed by atoms with E-state index >= 15 is 0 Å². The van der Waals surface area contributed by atoms with Crippen LogP contribution in [0.2, 0.25) is 0 Å². The van der Waals surface area contributed by atoms with Crippen LogP contribution >= 0.6 is 22.6 Å². The maximum atomic E-state index is 12.0. The molecule has 0 unspecified atom stereocenters. The highest BCUT2D eigenvalue weighted by Crippen LogP contribution is 2.17. The highest BCUT2D eigenvalue weighted by atomic mass is 127. The van der Waals surface area contributed by atoms with E-state index in [1.807, 2.05) is 29.2 Å². The Morgan fingerprint density at radius 2 is 1.86 bits per heavy atom. The van der Waals surface area contributed by atoms with Crippen LogP contribution in [0, 0.1) is 3.57 Å². The van der Waals surface area contributed by atoms with E-state index in [4.69, 9.17) is 0 Å². The SMILES string of the molecule is O=C(c1ccccc1I)N1CCCC1. The summed E-state index contributed by atoms with van der Waals surface area (Å²) in [5.74, 6) is 0.188. The number of carbonyl (C=O) groups is 1. The van der Waals surface area contributed by atoms with Gasteiger partial charge in [-0.1, -0.05) is 12.1 Å². The van der Waals surface area contributed by atoms with Gasteiger partial charge in [0.1, 0.15) is 0 Å². The zero-order chi connectivity index (χ0) is 9.97. The summed E-state index contributed by atoms with van der Waals surface area (Å²) >= 11 is 2.21. The molecule has 3 heteroatoms. The molecule has 1 aromatic carbocycles. The molecule has 1 saturated heterocycles. The fraction of sp³-hybridized carbons (Fsp3) is 0.364. The minimum Gasteiger partial charge on any atom is -0.339 e. The van der Waals surface area contributed by atoms with Gasteiger partial charge in [0.25, 0.3) is 5.91 Å². The molecule has 0 radical (unpaired) electrons. The van der Waals surface area contributed by atoms with E-state index < -0.39 is 0 Å². The molecule has 1 heterocycles. The van der Waals surface area contributed by atoms with Crippen molar-refractivity contribution in [2.45, 2.75) is 12.8 Å². The number of amides is 1. The molecule has 0 atom stereocenters. The standard InChI is InChI=1S/C11H12INO/c12-10-6-2-1-5-9(10)11(14)13-7-3-4-8-13/h1-2,5-6H,3-4,7-8H2. The number of carbonyl (C=O) groups excluding carboxylic acids is 1. The number of likely N-dealkylation sites (tertiary alicyclic amines) is 1. The predicted molar refractivity (Wildman–Crippen MR) is 64.3 cm³/mol. The molecule has 1 aromatic rings. The Bertz CT molecular complexity index is 345. The van der Waals surface area contributed by atoms with Crippen molar-refractivity contribution in [1.82, 2.24) is 4.90 Å². The van der Waals surface area contributed by atoms with Gasteiger partial charge in [0.2, 0.25) is 0 Å². The molecule has 0 N–H and O–H groups in total. The molecule has 2 rings (SSSR count). The van der Waals surface area contributed by atoms with Crippen molar-refractivity contribution in [3.63, 3.8) is 0 Å². The third-order valence-electron chi connectivity index (χ3n) is 2.50. The molecular formula is C11H12INO. The van der Waals surface area contributed by atoms with Crippen LogP contribution in [0.5, 0.6) is 0 Å². The normalized spacial score (nSPS) is 15.9. The van der Waals surface area contributed by atoms with Crippen LogP contribution in [0.15, 0.2) is 24.3 Å². The van der Waals surface area contributed by atoms with Gasteiger partial charge in [-0.05, 0) is 47.6 Å². The van der Waals surface area contributed by atoms with Gasteiger partial charge < -0.3 is 4.90 Å². The highest BCUT2D eigenvalue weighted by Gasteiger charge is 2.20. The topological polar surface area (TPSA) is 20.3 Å². The molecule has 0 bridgehead atoms. The molecule has 74 valence electrons. The van der Waals surface area contributed by atoms with Crippen LogP contribution in [0.25, 0.3) is 0 Å². The number of halogens is 1. The van der Waals surface area contributed by atoms with Crippen molar-refractivity contribution < 1.29 is 4.79 Å². The summed E-state index contributed by atoms with van der Waals surface area (Å²) < 4.78 is 1.04. The van der Waals surface area contributed by atoms with Crippen molar-refractivity contribution in [1.29, 1.82) is 0 Å². The van der Waals surface area contributed by atoms with Crippen LogP contribution in [0.3, 0.4) is 0 Å². The molecule has 1 aliphatic rings. The van der Waals surface area contributed by atoms with E-state index in [-0.39, 0.29) is 5.91 Å². The minimum absolute atomic E-state index is 0.188. The smallest absolute Gasteiger partial charge is 0.254 e. The average molecular weight is 301 g/mol. The van der Waals surface area contributed by atoms with Crippen molar-refractivity contribution in [2.75, 3.05) is 13.1 Å². The first-order valence-electron chi connectivity index (χ1n) is 4.83. The largest absolute Gasteiger partial charge is 0.339 e. The summed E-state index contributed by atoms with van der Waals surface area (Å²) in [7, 11) is 0. The number of hydrogen-bond acceptors (Lipinski definition) is 1. The van der Waals surface area contributed by atoms with Crippen molar-refractivity contribution in [3.8, 4) is 0 Å². The monoisotopic (exact) mass is 301 g/mol. The molecule has 0 spiro atoms. The first-order valence-corrected chi connectivity index (χ1v) is 5.91. The Hall–Kier alpha value is -0.580. The Morgan fingerprint density at radius 1 is 1.21 bits per heavy atom. The quantitative estimate of drug-likeness (QED) is 0.730. The van der Waals surface area contributed by atoms with Gasteiger partial charge in [0.15, 0.2) is 0 Å². The summed E-state index contributed by atoms with van der Waals surface area (Å²) in [6.07, 6.45) is 2.30. The van der Waals surface area contributed by atoms with Gasteiger partial charge in [0.05, 0.1) is 5.56 Å². The van der Waals surface area contributed by atoms with E-state index in [0.717, 1.165) is 35.1 Å². The van der Waals surface area contributed by atoms with Gasteiger partial charge in [0, 0.05) is 16.7 Å². The summed E-state index contributed by atoms with van der Waals surface area (Å²) in [5, 5.41) is 0. The second-order valence-electron chi connectivity index (χ2n) is 3.48. The number of hydrogen-bond donors (Lipinski definition) is 0. The maximum Gasteiger partial charge on any atom is 0.254 e. The first kappa shape index (κ1) is 9.96. The third-order valence-corrected chi connectivity index (χ3v) is 3.44. The van der Waals surface area contributed by atoms with Crippen molar-refractivity contribution in [2.24, 2.45) is 0 Å². The molecular weight excluding hydrogens is 289 g/mol. The van der Waals surface area contributed by atoms with E-state index in [2.05, 4.69) is 22.6 Å². The lowest BCUT2D eigenvalue weighted by Crippen LogP contribution is -2.28. The van der Waals surface area contributed by atoms with Gasteiger partial charge in [-0.2, -0.15) is 0 Å². The lowest BCUT2D eigenvalue weighted by Gasteiger charge is -2.15. The van der Waals surface area contributed by atoms with Crippen LogP contribution < -0.4 is 0 Å². The maximum absolute atomic E-state index is 12.0. The summed E-state index contributed by atoms with van der Waals surface area (Å²) in [5.41, 5.74) is 0.843. The number of benzene rings is 1. The molecule has 1 amide bonds. The van der Waals surface area contributed by atoms with Crippen molar-refractivity contribution >= 4 is 28.5 Å². The zero-order valence-corrected chi connectivity index (χ0v) is 10.0. The fourth-order valence-electron chi connectivity index (χ4n) is 1.73. The average Bonchev–Trinajstić information content (AvgIpc) is 2.70. The lowest BCUT2D eigenvalue weighted by atomic mass is 10.2. The third kappa shape index (κ3) is 1.92. The molecule has 0 aromatic heterocycles. The van der Waals surface area contributed by atoms with E-state index in [1.54, 1.807) is 0 Å². The molecule has 1 fully saturated rings. The summed E-state index contributed by atoms with van der Waals surface area (Å²) in [6.45, 7) is 1.84. The van der Waals surface area contributed by atoms with E-state index in [1.165, 1.54) is 0 Å². The lowest BCUT2D eigenvalue weighted by molar-refractivity contribution is 0.0792. The first-order chi connectivity index (χ1) is 6.79. The van der Waals surface area contributed by atoms with Crippen molar-refractivity contribution in [3.05, 3.63) is 33.4 Å². The van der Waals surface area contributed by atoms with Gasteiger partial charge >= 0.3 is 0 Å². The minimum atomic E-state index is 0.188.